The Balaban J connectivity index is 2.26. The van der Waals surface area contributed by atoms with Gasteiger partial charge in [-0.3, -0.25) is 10.1 Å². The normalized spacial score (nSPS) is 11.0. The average Bonchev–Trinajstić information content (AvgIpc) is 2.75. The first kappa shape index (κ1) is 22.2. The van der Waals surface area contributed by atoms with Crippen LogP contribution in [0.2, 0.25) is 0 Å². The Labute approximate surface area is 173 Å². The summed E-state index contributed by atoms with van der Waals surface area (Å²) in [6.07, 6.45) is 4.28. The Kier molecular flexibility index (Phi) is 8.15. The molecular formula is C22H20N2O6. The molecule has 2 rings (SSSR count). The molecule has 0 bridgehead atoms. The number of nitrogens with zero attached hydrogens (tertiary/aromatic N) is 2. The lowest BCUT2D eigenvalue weighted by Gasteiger charge is -2.10. The maximum atomic E-state index is 12.5. The fraction of sp³-hybridized carbons (Fsp3) is 0.182. The van der Waals surface area contributed by atoms with Gasteiger partial charge >= 0.3 is 5.97 Å². The molecule has 2 aromatic rings. The zero-order valence-corrected chi connectivity index (χ0v) is 16.5. The third-order valence-corrected chi connectivity index (χ3v) is 3.80. The maximum absolute atomic E-state index is 12.5. The molecular weight excluding hydrogens is 388 g/mol. The molecule has 0 amide bonds. The third-order valence-electron chi connectivity index (χ3n) is 3.80. The van der Waals surface area contributed by atoms with Gasteiger partial charge in [-0.05, 0) is 36.3 Å². The van der Waals surface area contributed by atoms with Crippen molar-refractivity contribution in [2.45, 2.75) is 13.3 Å². The topological polar surface area (TPSA) is 112 Å². The second-order valence-corrected chi connectivity index (χ2v) is 5.96. The van der Waals surface area contributed by atoms with Gasteiger partial charge in [0.15, 0.2) is 11.5 Å². The van der Waals surface area contributed by atoms with Crippen molar-refractivity contribution in [3.05, 3.63) is 75.5 Å². The summed E-state index contributed by atoms with van der Waals surface area (Å²) in [7, 11) is 1.37. The summed E-state index contributed by atoms with van der Waals surface area (Å²) in [5, 5.41) is 19.9. The van der Waals surface area contributed by atoms with E-state index in [0.29, 0.717) is 23.5 Å². The largest absolute Gasteiger partial charge is 0.493 e. The first-order valence-electron chi connectivity index (χ1n) is 9.04. The number of rotatable bonds is 9. The molecule has 0 saturated carbocycles. The van der Waals surface area contributed by atoms with E-state index >= 15 is 0 Å². The lowest BCUT2D eigenvalue weighted by Crippen LogP contribution is -2.11. The van der Waals surface area contributed by atoms with Crippen LogP contribution in [-0.4, -0.2) is 24.6 Å². The van der Waals surface area contributed by atoms with Crippen LogP contribution in [0.4, 0.5) is 0 Å². The second kappa shape index (κ2) is 11.0. The van der Waals surface area contributed by atoms with Gasteiger partial charge in [-0.25, -0.2) is 4.79 Å². The summed E-state index contributed by atoms with van der Waals surface area (Å²) in [6, 6.07) is 13.3. The number of methoxy groups -OCH3 is 1. The van der Waals surface area contributed by atoms with Gasteiger partial charge in [-0.1, -0.05) is 31.2 Å². The number of benzene rings is 2. The molecule has 0 atom stereocenters. The molecule has 0 radical (unpaired) electrons. The molecule has 0 saturated heterocycles. The number of hydrogen-bond donors (Lipinski definition) is 0. The van der Waals surface area contributed by atoms with Crippen molar-refractivity contribution in [3.8, 4) is 23.3 Å². The fourth-order valence-electron chi connectivity index (χ4n) is 2.41. The van der Waals surface area contributed by atoms with Gasteiger partial charge in [-0.15, -0.1) is 0 Å². The van der Waals surface area contributed by atoms with Gasteiger partial charge in [0.2, 0.25) is 6.20 Å². The van der Waals surface area contributed by atoms with E-state index in [0.717, 1.165) is 12.6 Å². The summed E-state index contributed by atoms with van der Waals surface area (Å²) >= 11 is 0. The molecule has 0 aliphatic carbocycles. The Hall–Kier alpha value is -4.12. The van der Waals surface area contributed by atoms with Gasteiger partial charge in [0.05, 0.1) is 18.6 Å². The SMILES string of the molecule is CCCOc1ccccc1/C=C(\C#N)C(=O)Oc1ccc(/C=C/[N+](=O)[O-])cc1OC. The van der Waals surface area contributed by atoms with Crippen molar-refractivity contribution in [2.24, 2.45) is 0 Å². The molecule has 0 aliphatic rings. The van der Waals surface area contributed by atoms with E-state index in [9.17, 15) is 20.2 Å². The highest BCUT2D eigenvalue weighted by Crippen LogP contribution is 2.30. The Morgan fingerprint density at radius 2 is 1.97 bits per heavy atom. The predicted octanol–water partition coefficient (Wildman–Crippen LogP) is 4.24. The Morgan fingerprint density at radius 3 is 2.63 bits per heavy atom. The highest BCUT2D eigenvalue weighted by Gasteiger charge is 2.16. The van der Waals surface area contributed by atoms with Crippen molar-refractivity contribution < 1.29 is 23.9 Å². The summed E-state index contributed by atoms with van der Waals surface area (Å²) in [4.78, 5) is 22.4. The molecule has 8 nitrogen and oxygen atoms in total. The molecule has 0 spiro atoms. The number of esters is 1. The van der Waals surface area contributed by atoms with Crippen molar-refractivity contribution in [2.75, 3.05) is 13.7 Å². The summed E-state index contributed by atoms with van der Waals surface area (Å²) < 4.78 is 16.1. The van der Waals surface area contributed by atoms with Crippen LogP contribution in [0.1, 0.15) is 24.5 Å². The Bertz CT molecular complexity index is 1020. The van der Waals surface area contributed by atoms with Crippen LogP contribution < -0.4 is 14.2 Å². The van der Waals surface area contributed by atoms with E-state index in [-0.39, 0.29) is 17.1 Å². The van der Waals surface area contributed by atoms with Crippen LogP contribution in [0.25, 0.3) is 12.2 Å². The van der Waals surface area contributed by atoms with E-state index in [1.54, 1.807) is 24.3 Å². The number of carbonyl (C=O) groups excluding carboxylic acids is 1. The minimum absolute atomic E-state index is 0.0809. The smallest absolute Gasteiger partial charge is 0.354 e. The van der Waals surface area contributed by atoms with Crippen LogP contribution in [0.3, 0.4) is 0 Å². The van der Waals surface area contributed by atoms with E-state index in [4.69, 9.17) is 14.2 Å². The highest BCUT2D eigenvalue weighted by molar-refractivity contribution is 5.99. The van der Waals surface area contributed by atoms with Crippen LogP contribution in [0, 0.1) is 21.4 Å². The number of carbonyl (C=O) groups is 1. The van der Waals surface area contributed by atoms with Crippen molar-refractivity contribution in [1.82, 2.24) is 0 Å². The maximum Gasteiger partial charge on any atom is 0.354 e. The standard InChI is InChI=1S/C22H20N2O6/c1-3-12-29-19-7-5-4-6-17(19)14-18(15-23)22(25)30-20-9-8-16(10-11-24(26)27)13-21(20)28-2/h4-11,13-14H,3,12H2,1-2H3/b11-10+,18-14+. The van der Waals surface area contributed by atoms with E-state index in [2.05, 4.69) is 0 Å². The van der Waals surface area contributed by atoms with Crippen LogP contribution in [-0.2, 0) is 4.79 Å². The van der Waals surface area contributed by atoms with Gasteiger partial charge in [-0.2, -0.15) is 5.26 Å². The van der Waals surface area contributed by atoms with Gasteiger partial charge in [0.25, 0.3) is 0 Å². The molecule has 0 aromatic heterocycles. The number of nitro groups is 1. The summed E-state index contributed by atoms with van der Waals surface area (Å²) in [5.41, 5.74) is 0.843. The zero-order valence-electron chi connectivity index (χ0n) is 16.5. The van der Waals surface area contributed by atoms with Crippen LogP contribution >= 0.6 is 0 Å². The molecule has 0 unspecified atom stereocenters. The molecule has 2 aromatic carbocycles. The average molecular weight is 408 g/mol. The van der Waals surface area contributed by atoms with Crippen LogP contribution in [0.15, 0.2) is 54.2 Å². The molecule has 0 aliphatic heterocycles. The number of para-hydroxylation sites is 1. The molecule has 0 heterocycles. The van der Waals surface area contributed by atoms with E-state index in [1.807, 2.05) is 13.0 Å². The monoisotopic (exact) mass is 408 g/mol. The quantitative estimate of drug-likeness (QED) is 0.152. The first-order valence-corrected chi connectivity index (χ1v) is 9.04. The Morgan fingerprint density at radius 1 is 1.20 bits per heavy atom. The minimum Gasteiger partial charge on any atom is -0.493 e. The molecule has 0 fully saturated rings. The molecule has 8 heteroatoms. The van der Waals surface area contributed by atoms with Crippen molar-refractivity contribution in [1.29, 1.82) is 5.26 Å². The number of nitriles is 1. The predicted molar refractivity (Wildman–Crippen MR) is 110 cm³/mol. The second-order valence-electron chi connectivity index (χ2n) is 5.96. The summed E-state index contributed by atoms with van der Waals surface area (Å²) in [6.45, 7) is 2.48. The van der Waals surface area contributed by atoms with Gasteiger partial charge in [0.1, 0.15) is 17.4 Å². The fourth-order valence-corrected chi connectivity index (χ4v) is 2.41. The number of ether oxygens (including phenoxy) is 3. The molecule has 154 valence electrons. The van der Waals surface area contributed by atoms with Crippen molar-refractivity contribution in [3.63, 3.8) is 0 Å². The first-order chi connectivity index (χ1) is 14.5. The highest BCUT2D eigenvalue weighted by atomic mass is 16.6. The zero-order chi connectivity index (χ0) is 21.9. The van der Waals surface area contributed by atoms with Crippen LogP contribution in [0.5, 0.6) is 17.2 Å². The van der Waals surface area contributed by atoms with E-state index < -0.39 is 10.9 Å². The van der Waals surface area contributed by atoms with Crippen molar-refractivity contribution >= 4 is 18.1 Å². The van der Waals surface area contributed by atoms with E-state index in [1.165, 1.54) is 37.5 Å². The van der Waals surface area contributed by atoms with Gasteiger partial charge < -0.3 is 14.2 Å². The lowest BCUT2D eigenvalue weighted by atomic mass is 10.1. The number of hydrogen-bond acceptors (Lipinski definition) is 7. The van der Waals surface area contributed by atoms with Gasteiger partial charge in [0, 0.05) is 11.6 Å². The minimum atomic E-state index is -0.866. The summed E-state index contributed by atoms with van der Waals surface area (Å²) in [5.74, 6) is -0.0377. The molecule has 0 N–H and O–H groups in total. The third kappa shape index (κ3) is 6.21. The molecule has 30 heavy (non-hydrogen) atoms. The lowest BCUT2D eigenvalue weighted by molar-refractivity contribution is -0.400.